The first-order chi connectivity index (χ1) is 28.9. The molecule has 8 N–H and O–H groups in total. The fourth-order valence-corrected chi connectivity index (χ4v) is 15.0. The third kappa shape index (κ3) is 8.16. The molecule has 1 aromatic heterocycles. The Bertz CT molecular complexity index is 1910. The van der Waals surface area contributed by atoms with Crippen LogP contribution < -0.4 is 22.1 Å². The van der Waals surface area contributed by atoms with Crippen molar-refractivity contribution >= 4 is 22.7 Å². The zero-order chi connectivity index (χ0) is 41.7. The van der Waals surface area contributed by atoms with E-state index in [2.05, 4.69) is 40.7 Å². The average molecular weight is 825 g/mol. The molecule has 1 aliphatic heterocycles. The summed E-state index contributed by atoms with van der Waals surface area (Å²) in [4.78, 5) is 9.09. The van der Waals surface area contributed by atoms with Crippen LogP contribution in [-0.2, 0) is 11.2 Å². The second kappa shape index (κ2) is 16.9. The quantitative estimate of drug-likeness (QED) is 0.0432. The van der Waals surface area contributed by atoms with Crippen LogP contribution >= 0.6 is 0 Å². The maximum absolute atomic E-state index is 11.4. The van der Waals surface area contributed by atoms with Gasteiger partial charge in [0.05, 0.1) is 35.9 Å². The molecule has 6 aliphatic carbocycles. The van der Waals surface area contributed by atoms with Gasteiger partial charge >= 0.3 is 0 Å². The summed E-state index contributed by atoms with van der Waals surface area (Å²) < 4.78 is 12.4. The average Bonchev–Trinajstić information content (AvgIpc) is 3.68. The predicted molar refractivity (Wildman–Crippen MR) is 240 cm³/mol. The minimum atomic E-state index is -0.694. The van der Waals surface area contributed by atoms with Crippen molar-refractivity contribution in [3.8, 4) is 0 Å². The molecule has 7 aliphatic rings. The molecule has 330 valence electrons. The third-order valence-electron chi connectivity index (χ3n) is 18.0. The number of benzene rings is 1. The van der Waals surface area contributed by atoms with Gasteiger partial charge in [0.25, 0.3) is 0 Å². The molecule has 12 atom stereocenters. The van der Waals surface area contributed by atoms with Crippen molar-refractivity contribution in [1.29, 1.82) is 0 Å². The van der Waals surface area contributed by atoms with Crippen molar-refractivity contribution in [2.75, 3.05) is 13.6 Å². The Hall–Kier alpha value is -3.08. The van der Waals surface area contributed by atoms with E-state index in [-0.39, 0.29) is 23.3 Å². The fourth-order valence-electron chi connectivity index (χ4n) is 15.0. The molecule has 1 saturated heterocycles. The van der Waals surface area contributed by atoms with E-state index in [4.69, 9.17) is 32.2 Å². The Morgan fingerprint density at radius 1 is 0.933 bits per heavy atom. The minimum Gasteiger partial charge on any atom is -0.471 e. The standard InChI is InChI=1S/C50H76N6O4/c1-32-26-48(22-16-33(27-48)17-23-49(58)20-8-13-39(57)28-49)44-47(2,60-44)21-18-42-40(32)29-50(42,37-11-5-4-6-12-37)38-15-14-35(25-38)43(55-45(51)53-3)56-46(52)54-24-19-34-9-7-10-36-30-59-31-41(34)36/h7,9-10,30-31,33,35,37-40,42-44,57-58H,1,4-6,8,11-29H2,2-3H3,(H3,51,53,55)(H3,52,54,56)/t33-,35-,38-,39-,40+,42-,43+,44+,47+,48+,49+,50-/m0/s1. The number of nitrogens with two attached hydrogens (primary N) is 2. The number of aliphatic hydroxyl groups excluding tert-OH is 1. The van der Waals surface area contributed by atoms with Crippen molar-refractivity contribution in [3.63, 3.8) is 0 Å². The van der Waals surface area contributed by atoms with Crippen LogP contribution in [0.15, 0.2) is 57.3 Å². The lowest BCUT2D eigenvalue weighted by molar-refractivity contribution is -0.139. The van der Waals surface area contributed by atoms with Crippen molar-refractivity contribution in [1.82, 2.24) is 10.6 Å². The van der Waals surface area contributed by atoms with Crippen molar-refractivity contribution in [3.05, 3.63) is 48.4 Å². The topological polar surface area (TPSA) is 167 Å². The van der Waals surface area contributed by atoms with Gasteiger partial charge in [0, 0.05) is 36.2 Å². The van der Waals surface area contributed by atoms with E-state index < -0.39 is 5.60 Å². The maximum atomic E-state index is 11.4. The molecule has 0 radical (unpaired) electrons. The summed E-state index contributed by atoms with van der Waals surface area (Å²) in [7, 11) is 1.74. The van der Waals surface area contributed by atoms with Gasteiger partial charge in [-0.25, -0.2) is 0 Å². The second-order valence-corrected chi connectivity index (χ2v) is 21.5. The van der Waals surface area contributed by atoms with E-state index in [0.717, 1.165) is 80.9 Å². The molecule has 2 aromatic rings. The lowest BCUT2D eigenvalue weighted by atomic mass is 9.40. The van der Waals surface area contributed by atoms with E-state index in [1.807, 2.05) is 6.26 Å². The minimum absolute atomic E-state index is 0.0420. The van der Waals surface area contributed by atoms with E-state index in [0.29, 0.717) is 66.0 Å². The smallest absolute Gasteiger partial charge is 0.190 e. The van der Waals surface area contributed by atoms with E-state index >= 15 is 0 Å². The number of hydrogen-bond donors (Lipinski definition) is 6. The molecular formula is C50H76N6O4. The summed E-state index contributed by atoms with van der Waals surface area (Å²) in [5.74, 6) is 4.51. The molecule has 7 fully saturated rings. The molecule has 10 heteroatoms. The number of allylic oxidation sites excluding steroid dienone is 1. The molecule has 1 spiro atoms. The largest absolute Gasteiger partial charge is 0.471 e. The number of guanidine groups is 2. The number of aliphatic imine (C=N–C) groups is 2. The van der Waals surface area contributed by atoms with Gasteiger partial charge in [0.2, 0.25) is 0 Å². The van der Waals surface area contributed by atoms with Crippen molar-refractivity contribution in [2.45, 2.75) is 178 Å². The lowest BCUT2D eigenvalue weighted by Gasteiger charge is -2.64. The van der Waals surface area contributed by atoms with E-state index in [1.54, 1.807) is 13.3 Å². The van der Waals surface area contributed by atoms with Gasteiger partial charge in [-0.3, -0.25) is 9.98 Å². The summed E-state index contributed by atoms with van der Waals surface area (Å²) in [6.45, 7) is 8.02. The fraction of sp³-hybridized carbons (Fsp3) is 0.760. The number of fused-ring (bicyclic) bond motifs is 4. The summed E-state index contributed by atoms with van der Waals surface area (Å²) in [6.07, 6.45) is 28.0. The number of ether oxygens (including phenoxy) is 1. The highest BCUT2D eigenvalue weighted by atomic mass is 16.6. The van der Waals surface area contributed by atoms with E-state index in [9.17, 15) is 10.2 Å². The zero-order valence-corrected chi connectivity index (χ0v) is 36.8. The molecule has 10 nitrogen and oxygen atoms in total. The van der Waals surface area contributed by atoms with Crippen molar-refractivity contribution in [2.24, 2.45) is 67.8 Å². The van der Waals surface area contributed by atoms with Crippen LogP contribution in [0.1, 0.15) is 147 Å². The summed E-state index contributed by atoms with van der Waals surface area (Å²) in [5, 5.41) is 31.0. The van der Waals surface area contributed by atoms with Crippen molar-refractivity contribution < 1.29 is 19.4 Å². The number of rotatable bonds is 11. The summed E-state index contributed by atoms with van der Waals surface area (Å²) in [5.41, 5.74) is 15.5. The van der Waals surface area contributed by atoms with Crippen LogP contribution in [0.25, 0.3) is 10.8 Å². The summed E-state index contributed by atoms with van der Waals surface area (Å²) >= 11 is 0. The lowest BCUT2D eigenvalue weighted by Crippen LogP contribution is -2.58. The van der Waals surface area contributed by atoms with Crippen LogP contribution in [0.4, 0.5) is 0 Å². The zero-order valence-electron chi connectivity index (χ0n) is 36.8. The molecule has 0 amide bonds. The summed E-state index contributed by atoms with van der Waals surface area (Å²) in [6, 6.07) is 6.27. The van der Waals surface area contributed by atoms with Gasteiger partial charge in [0.1, 0.15) is 6.17 Å². The monoisotopic (exact) mass is 825 g/mol. The first-order valence-corrected chi connectivity index (χ1v) is 24.2. The molecule has 9 rings (SSSR count). The highest BCUT2D eigenvalue weighted by molar-refractivity contribution is 5.84. The normalized spacial score (nSPS) is 40.6. The number of hydrogen-bond acceptors (Lipinski definition) is 6. The Morgan fingerprint density at radius 3 is 2.58 bits per heavy atom. The molecule has 1 aromatic carbocycles. The second-order valence-electron chi connectivity index (χ2n) is 21.5. The third-order valence-corrected chi connectivity index (χ3v) is 18.0. The molecule has 60 heavy (non-hydrogen) atoms. The van der Waals surface area contributed by atoms with Crippen LogP contribution in [0, 0.1) is 46.3 Å². The van der Waals surface area contributed by atoms with Crippen LogP contribution in [0.2, 0.25) is 0 Å². The van der Waals surface area contributed by atoms with Crippen LogP contribution in [0.5, 0.6) is 0 Å². The first kappa shape index (κ1) is 42.2. The van der Waals surface area contributed by atoms with Crippen LogP contribution in [-0.4, -0.2) is 65.3 Å². The highest BCUT2D eigenvalue weighted by Gasteiger charge is 2.68. The number of epoxide rings is 1. The van der Waals surface area contributed by atoms with Gasteiger partial charge in [-0.1, -0.05) is 49.6 Å². The Morgan fingerprint density at radius 2 is 1.77 bits per heavy atom. The SMILES string of the molecule is C=C1C[C@@]2(CC[C@@H](CC[C@]3(O)CCC[C@H](O)C3)C2)[C@@H]2O[C@]2(C)CC[C@H]2[C@@H]1C[C@]2(C1CCCCC1)[C@H]1CC[C@H]([C@H](NC(N)=NC)NC(N)=NCCc2cccc3cocc23)C1. The molecular weight excluding hydrogens is 749 g/mol. The maximum Gasteiger partial charge on any atom is 0.190 e. The Kier molecular flexibility index (Phi) is 11.9. The van der Waals surface area contributed by atoms with Gasteiger partial charge in [-0.05, 0) is 169 Å². The predicted octanol–water partition coefficient (Wildman–Crippen LogP) is 8.49. The Balaban J connectivity index is 0.897. The number of nitrogens with one attached hydrogen (secondary N) is 2. The van der Waals surface area contributed by atoms with E-state index in [1.165, 1.54) is 81.8 Å². The first-order valence-electron chi connectivity index (χ1n) is 24.2. The van der Waals surface area contributed by atoms with Gasteiger partial charge < -0.3 is 41.5 Å². The Labute approximate surface area is 359 Å². The molecule has 0 unspecified atom stereocenters. The van der Waals surface area contributed by atoms with Gasteiger partial charge in [-0.15, -0.1) is 0 Å². The number of aliphatic hydroxyl groups is 2. The molecule has 0 bridgehead atoms. The molecule has 6 saturated carbocycles. The highest BCUT2D eigenvalue weighted by Crippen LogP contribution is 2.72. The number of nitrogens with zero attached hydrogens (tertiary/aromatic N) is 2. The van der Waals surface area contributed by atoms with Gasteiger partial charge in [-0.2, -0.15) is 0 Å². The van der Waals surface area contributed by atoms with Crippen LogP contribution in [0.3, 0.4) is 0 Å². The van der Waals surface area contributed by atoms with Gasteiger partial charge in [0.15, 0.2) is 11.9 Å². The molecule has 2 heterocycles. The number of furan rings is 1.